The lowest BCUT2D eigenvalue weighted by atomic mass is 10.2. The second-order valence-electron chi connectivity index (χ2n) is 4.44. The summed E-state index contributed by atoms with van der Waals surface area (Å²) in [6, 6.07) is 6.14. The highest BCUT2D eigenvalue weighted by atomic mass is 19.1. The molecule has 0 aliphatic heterocycles. The van der Waals surface area contributed by atoms with Gasteiger partial charge in [-0.1, -0.05) is 25.8 Å². The molecule has 0 radical (unpaired) electrons. The fourth-order valence-electron chi connectivity index (χ4n) is 1.70. The highest BCUT2D eigenvalue weighted by Crippen LogP contribution is 2.11. The molecular formula is C15H24FN3O. The van der Waals surface area contributed by atoms with Gasteiger partial charge in [-0.2, -0.15) is 0 Å². The van der Waals surface area contributed by atoms with Crippen molar-refractivity contribution in [3.63, 3.8) is 0 Å². The maximum Gasteiger partial charge on any atom is 0.191 e. The van der Waals surface area contributed by atoms with Crippen molar-refractivity contribution in [3.8, 4) is 5.75 Å². The van der Waals surface area contributed by atoms with E-state index >= 15 is 0 Å². The number of nitrogens with one attached hydrogen (secondary N) is 2. The second-order valence-corrected chi connectivity index (χ2v) is 4.44. The van der Waals surface area contributed by atoms with Crippen molar-refractivity contribution in [2.45, 2.75) is 26.2 Å². The number of halogens is 1. The lowest BCUT2D eigenvalue weighted by molar-refractivity contribution is 0.320. The van der Waals surface area contributed by atoms with Gasteiger partial charge in [0.2, 0.25) is 0 Å². The molecule has 0 saturated heterocycles. The summed E-state index contributed by atoms with van der Waals surface area (Å²) in [6.45, 7) is 4.16. The third kappa shape index (κ3) is 6.97. The van der Waals surface area contributed by atoms with Crippen LogP contribution in [0.15, 0.2) is 29.3 Å². The van der Waals surface area contributed by atoms with Crippen LogP contribution in [0.2, 0.25) is 0 Å². The molecule has 2 N–H and O–H groups in total. The third-order valence-corrected chi connectivity index (χ3v) is 2.76. The number of unbranched alkanes of at least 4 members (excludes halogenated alkanes) is 2. The van der Waals surface area contributed by atoms with Gasteiger partial charge in [-0.05, 0) is 18.6 Å². The Morgan fingerprint density at radius 2 is 2.05 bits per heavy atom. The van der Waals surface area contributed by atoms with E-state index in [1.807, 2.05) is 0 Å². The van der Waals surface area contributed by atoms with Crippen molar-refractivity contribution in [1.82, 2.24) is 10.6 Å². The average Bonchev–Trinajstić information content (AvgIpc) is 2.46. The Kier molecular flexibility index (Phi) is 8.19. The van der Waals surface area contributed by atoms with Crippen LogP contribution in [0.25, 0.3) is 0 Å². The molecule has 0 saturated carbocycles. The van der Waals surface area contributed by atoms with Crippen molar-refractivity contribution in [2.24, 2.45) is 4.99 Å². The fraction of sp³-hybridized carbons (Fsp3) is 0.533. The van der Waals surface area contributed by atoms with Gasteiger partial charge in [0.15, 0.2) is 5.96 Å². The van der Waals surface area contributed by atoms with E-state index in [0.717, 1.165) is 18.9 Å². The van der Waals surface area contributed by atoms with E-state index < -0.39 is 0 Å². The Morgan fingerprint density at radius 3 is 2.75 bits per heavy atom. The number of benzene rings is 1. The first kappa shape index (κ1) is 16.3. The minimum absolute atomic E-state index is 0.288. The topological polar surface area (TPSA) is 45.7 Å². The van der Waals surface area contributed by atoms with Crippen molar-refractivity contribution in [2.75, 3.05) is 26.7 Å². The smallest absolute Gasteiger partial charge is 0.191 e. The summed E-state index contributed by atoms with van der Waals surface area (Å²) in [6.07, 6.45) is 3.55. The van der Waals surface area contributed by atoms with Gasteiger partial charge in [0.1, 0.15) is 18.2 Å². The molecule has 5 heteroatoms. The maximum absolute atomic E-state index is 12.9. The summed E-state index contributed by atoms with van der Waals surface area (Å²) in [4.78, 5) is 4.12. The van der Waals surface area contributed by atoms with Crippen LogP contribution in [-0.2, 0) is 0 Å². The van der Waals surface area contributed by atoms with E-state index in [2.05, 4.69) is 22.5 Å². The minimum atomic E-state index is -0.288. The third-order valence-electron chi connectivity index (χ3n) is 2.76. The maximum atomic E-state index is 12.9. The standard InChI is InChI=1S/C15H24FN3O/c1-3-4-5-9-18-15(17-2)19-10-11-20-14-8-6-7-13(16)12-14/h6-8,12H,3-5,9-11H2,1-2H3,(H2,17,18,19). The van der Waals surface area contributed by atoms with Gasteiger partial charge < -0.3 is 15.4 Å². The van der Waals surface area contributed by atoms with E-state index in [1.54, 1.807) is 19.2 Å². The Morgan fingerprint density at radius 1 is 1.25 bits per heavy atom. The Balaban J connectivity index is 2.15. The van der Waals surface area contributed by atoms with Gasteiger partial charge >= 0.3 is 0 Å². The van der Waals surface area contributed by atoms with E-state index in [4.69, 9.17) is 4.74 Å². The Hall–Kier alpha value is -1.78. The fourth-order valence-corrected chi connectivity index (χ4v) is 1.70. The van der Waals surface area contributed by atoms with Crippen LogP contribution in [0.4, 0.5) is 4.39 Å². The SMILES string of the molecule is CCCCCNC(=NC)NCCOc1cccc(F)c1. The molecule has 0 aliphatic carbocycles. The quantitative estimate of drug-likeness (QED) is 0.437. The van der Waals surface area contributed by atoms with Crippen LogP contribution >= 0.6 is 0 Å². The van der Waals surface area contributed by atoms with Gasteiger partial charge in [0.05, 0.1) is 6.54 Å². The van der Waals surface area contributed by atoms with Crippen molar-refractivity contribution >= 4 is 5.96 Å². The lowest BCUT2D eigenvalue weighted by Crippen LogP contribution is -2.39. The van der Waals surface area contributed by atoms with E-state index in [-0.39, 0.29) is 5.82 Å². The first-order valence-corrected chi connectivity index (χ1v) is 7.09. The molecule has 0 spiro atoms. The second kappa shape index (κ2) is 10.1. The van der Waals surface area contributed by atoms with Crippen LogP contribution in [0.3, 0.4) is 0 Å². The predicted molar refractivity (Wildman–Crippen MR) is 80.8 cm³/mol. The molecule has 0 amide bonds. The molecule has 0 bridgehead atoms. The number of hydrogen-bond acceptors (Lipinski definition) is 2. The van der Waals surface area contributed by atoms with Gasteiger partial charge in [-0.25, -0.2) is 4.39 Å². The number of ether oxygens (including phenoxy) is 1. The highest BCUT2D eigenvalue weighted by molar-refractivity contribution is 5.79. The molecule has 0 heterocycles. The summed E-state index contributed by atoms with van der Waals surface area (Å²) in [5.74, 6) is 1.02. The van der Waals surface area contributed by atoms with Gasteiger partial charge in [-0.15, -0.1) is 0 Å². The zero-order chi connectivity index (χ0) is 14.6. The molecule has 1 rings (SSSR count). The zero-order valence-electron chi connectivity index (χ0n) is 12.3. The number of rotatable bonds is 8. The molecule has 1 aromatic carbocycles. The zero-order valence-corrected chi connectivity index (χ0v) is 12.3. The van der Waals surface area contributed by atoms with E-state index in [9.17, 15) is 4.39 Å². The molecular weight excluding hydrogens is 257 g/mol. The minimum Gasteiger partial charge on any atom is -0.492 e. The monoisotopic (exact) mass is 281 g/mol. The molecule has 20 heavy (non-hydrogen) atoms. The molecule has 0 fully saturated rings. The van der Waals surface area contributed by atoms with Gasteiger partial charge in [-0.3, -0.25) is 4.99 Å². The molecule has 0 atom stereocenters. The first-order chi connectivity index (χ1) is 9.76. The molecule has 0 unspecified atom stereocenters. The first-order valence-electron chi connectivity index (χ1n) is 7.09. The molecule has 0 aromatic heterocycles. The number of nitrogens with zero attached hydrogens (tertiary/aromatic N) is 1. The summed E-state index contributed by atoms with van der Waals surface area (Å²) in [5, 5.41) is 6.39. The Bertz CT molecular complexity index is 410. The highest BCUT2D eigenvalue weighted by Gasteiger charge is 1.98. The van der Waals surface area contributed by atoms with Crippen LogP contribution in [0, 0.1) is 5.82 Å². The van der Waals surface area contributed by atoms with Gasteiger partial charge in [0.25, 0.3) is 0 Å². The van der Waals surface area contributed by atoms with Gasteiger partial charge in [0, 0.05) is 19.7 Å². The number of aliphatic imine (C=N–C) groups is 1. The van der Waals surface area contributed by atoms with Crippen molar-refractivity contribution < 1.29 is 9.13 Å². The van der Waals surface area contributed by atoms with Crippen LogP contribution in [0.1, 0.15) is 26.2 Å². The summed E-state index contributed by atoms with van der Waals surface area (Å²) in [7, 11) is 1.74. The van der Waals surface area contributed by atoms with Crippen LogP contribution in [0.5, 0.6) is 5.75 Å². The van der Waals surface area contributed by atoms with Crippen LogP contribution < -0.4 is 15.4 Å². The van der Waals surface area contributed by atoms with E-state index in [1.165, 1.54) is 25.0 Å². The van der Waals surface area contributed by atoms with Crippen LogP contribution in [-0.4, -0.2) is 32.7 Å². The molecule has 0 aliphatic rings. The largest absolute Gasteiger partial charge is 0.492 e. The normalized spacial score (nSPS) is 11.2. The van der Waals surface area contributed by atoms with Crippen molar-refractivity contribution in [3.05, 3.63) is 30.1 Å². The summed E-state index contributed by atoms with van der Waals surface area (Å²) >= 11 is 0. The Labute approximate surface area is 120 Å². The molecule has 112 valence electrons. The van der Waals surface area contributed by atoms with Crippen molar-refractivity contribution in [1.29, 1.82) is 0 Å². The summed E-state index contributed by atoms with van der Waals surface area (Å²) < 4.78 is 18.4. The van der Waals surface area contributed by atoms with E-state index in [0.29, 0.717) is 18.9 Å². The molecule has 4 nitrogen and oxygen atoms in total. The average molecular weight is 281 g/mol. The summed E-state index contributed by atoms with van der Waals surface area (Å²) in [5.41, 5.74) is 0. The lowest BCUT2D eigenvalue weighted by Gasteiger charge is -2.12. The number of guanidine groups is 1. The molecule has 1 aromatic rings. The number of hydrogen-bond donors (Lipinski definition) is 2. The predicted octanol–water partition coefficient (Wildman–Crippen LogP) is 2.56.